The maximum absolute atomic E-state index is 14.7. The first-order chi connectivity index (χ1) is 33.6. The number of morpholine rings is 1. The molecule has 0 saturated carbocycles. The molecule has 4 aromatic rings. The van der Waals surface area contributed by atoms with Gasteiger partial charge in [-0.15, -0.1) is 0 Å². The van der Waals surface area contributed by atoms with Crippen LogP contribution in [0.2, 0.25) is 0 Å². The molecule has 1 unspecified atom stereocenters. The van der Waals surface area contributed by atoms with Crippen molar-refractivity contribution in [2.45, 2.75) is 115 Å². The van der Waals surface area contributed by atoms with Gasteiger partial charge in [-0.1, -0.05) is 34.3 Å². The van der Waals surface area contributed by atoms with E-state index in [-0.39, 0.29) is 43.2 Å². The van der Waals surface area contributed by atoms with E-state index in [1.807, 2.05) is 19.9 Å². The number of hydrazine groups is 1. The highest BCUT2D eigenvalue weighted by atomic mass is 32.1. The van der Waals surface area contributed by atoms with E-state index in [0.717, 1.165) is 39.0 Å². The number of carbonyl (C=O) groups is 5. The predicted octanol–water partition coefficient (Wildman–Crippen LogP) is 5.48. The molecule has 2 N–H and O–H groups in total. The van der Waals surface area contributed by atoms with Crippen molar-refractivity contribution in [3.63, 3.8) is 0 Å². The van der Waals surface area contributed by atoms with Crippen LogP contribution in [-0.4, -0.2) is 152 Å². The lowest BCUT2D eigenvalue weighted by atomic mass is 9.67. The van der Waals surface area contributed by atoms with E-state index in [1.165, 1.54) is 27.5 Å². The van der Waals surface area contributed by atoms with E-state index in [1.54, 1.807) is 30.2 Å². The third-order valence-electron chi connectivity index (χ3n) is 15.1. The van der Waals surface area contributed by atoms with Gasteiger partial charge in [0, 0.05) is 92.9 Å². The van der Waals surface area contributed by atoms with Crippen molar-refractivity contribution in [3.8, 4) is 21.8 Å². The van der Waals surface area contributed by atoms with Crippen molar-refractivity contribution >= 4 is 52.2 Å². The van der Waals surface area contributed by atoms with Gasteiger partial charge >= 0.3 is 12.0 Å². The van der Waals surface area contributed by atoms with Crippen LogP contribution in [0.1, 0.15) is 95.8 Å². The third-order valence-corrected chi connectivity index (χ3v) is 15.9. The fourth-order valence-corrected chi connectivity index (χ4v) is 12.2. The number of nitrogens with zero attached hydrogens (tertiary/aromatic N) is 8. The van der Waals surface area contributed by atoms with Crippen LogP contribution in [0.25, 0.3) is 32.7 Å². The van der Waals surface area contributed by atoms with Crippen LogP contribution in [0.15, 0.2) is 49.2 Å². The summed E-state index contributed by atoms with van der Waals surface area (Å²) < 4.78 is 25.9. The zero-order chi connectivity index (χ0) is 49.6. The molecule has 3 saturated heterocycles. The summed E-state index contributed by atoms with van der Waals surface area (Å²) in [6, 6.07) is 7.30. The number of esters is 1. The summed E-state index contributed by atoms with van der Waals surface area (Å²) >= 11 is 1.28. The number of amides is 5. The number of carbonyl (C=O) groups excluding carboxylic acids is 5. The molecular weight excluding hydrogens is 913 g/mol. The van der Waals surface area contributed by atoms with E-state index in [4.69, 9.17) is 28.6 Å². The minimum absolute atomic E-state index is 0.0608. The summed E-state index contributed by atoms with van der Waals surface area (Å²) in [4.78, 5) is 84.8. The zero-order valence-corrected chi connectivity index (χ0v) is 42.2. The number of methoxy groups -OCH3 is 1. The number of ether oxygens (including phenoxy) is 3. The van der Waals surface area contributed by atoms with Crippen LogP contribution < -0.4 is 10.7 Å². The first-order valence-corrected chi connectivity index (χ1v) is 25.4. The molecule has 5 atom stereocenters. The number of hydrogen-bond donors (Lipinski definition) is 2. The number of nitrogens with one attached hydrogen (secondary N) is 2. The van der Waals surface area contributed by atoms with E-state index < -0.39 is 53.0 Å². The van der Waals surface area contributed by atoms with Gasteiger partial charge in [0.25, 0.3) is 5.91 Å². The number of hydrogen-bond acceptors (Lipinski definition) is 13. The summed E-state index contributed by atoms with van der Waals surface area (Å²) in [5, 5.41) is 6.22. The molecule has 5 amide bonds. The van der Waals surface area contributed by atoms with Gasteiger partial charge in [0.2, 0.25) is 11.8 Å². The molecule has 0 radical (unpaired) electrons. The average molecular weight is 979 g/mol. The molecule has 18 nitrogen and oxygen atoms in total. The Hall–Kier alpha value is -5.76. The lowest BCUT2D eigenvalue weighted by Gasteiger charge is -2.47. The normalized spacial score (nSPS) is 23.8. The average Bonchev–Trinajstić information content (AvgIpc) is 3.98. The maximum atomic E-state index is 14.7. The molecule has 6 bridgehead atoms. The Kier molecular flexibility index (Phi) is 13.9. The van der Waals surface area contributed by atoms with E-state index in [0.29, 0.717) is 82.4 Å². The monoisotopic (exact) mass is 978 g/mol. The molecule has 7 heterocycles. The second-order valence-electron chi connectivity index (χ2n) is 20.4. The number of likely N-dealkylation sites (tertiary alicyclic amines) is 1. The fourth-order valence-electron chi connectivity index (χ4n) is 11.5. The number of fused-ring (bicyclic) bond motifs is 8. The van der Waals surface area contributed by atoms with Gasteiger partial charge in [0.1, 0.15) is 35.1 Å². The van der Waals surface area contributed by atoms with Gasteiger partial charge in [-0.3, -0.25) is 29.2 Å². The molecule has 3 aromatic heterocycles. The van der Waals surface area contributed by atoms with Crippen molar-refractivity contribution in [3.05, 3.63) is 66.3 Å². The van der Waals surface area contributed by atoms with Crippen LogP contribution in [0.3, 0.4) is 0 Å². The Bertz CT molecular complexity index is 2670. The minimum atomic E-state index is -1.05. The SMILES string of the molecule is C=CC(=O)N1CCOC2(CCN(C(=O)N(C)[C@H](C(=O)N[C@@H]3CCc4nsc(n4)-c4ccc5c(c4)c4c(n5CC)-c5cccnc5[C@@H](OC)C4C(C)(C)COC(=O)[C@@H]4CCCN(N4)C3=O)C(C)C)CC2)C1. The number of piperidine rings is 1. The molecule has 4 aliphatic heterocycles. The number of aromatic nitrogens is 4. The molecule has 9 rings (SSSR count). The van der Waals surface area contributed by atoms with Crippen molar-refractivity contribution < 1.29 is 38.2 Å². The van der Waals surface area contributed by atoms with Crippen molar-refractivity contribution in [2.24, 2.45) is 11.3 Å². The number of pyridine rings is 1. The number of aryl methyl sites for hydroxylation is 2. The Labute approximate surface area is 413 Å². The van der Waals surface area contributed by atoms with Crippen LogP contribution in [0, 0.1) is 11.3 Å². The molecule has 3 fully saturated rings. The molecule has 1 aliphatic carbocycles. The highest BCUT2D eigenvalue weighted by molar-refractivity contribution is 7.09. The lowest BCUT2D eigenvalue weighted by Crippen LogP contribution is -2.63. The van der Waals surface area contributed by atoms with Gasteiger partial charge in [-0.25, -0.2) is 15.2 Å². The highest BCUT2D eigenvalue weighted by Crippen LogP contribution is 2.57. The minimum Gasteiger partial charge on any atom is -0.464 e. The number of benzene rings is 1. The number of rotatable bonds is 7. The molecule has 1 spiro atoms. The Morgan fingerprint density at radius 3 is 2.61 bits per heavy atom. The van der Waals surface area contributed by atoms with E-state index >= 15 is 0 Å². The molecule has 374 valence electrons. The van der Waals surface area contributed by atoms with Crippen molar-refractivity contribution in [1.82, 2.24) is 49.4 Å². The molecule has 1 aromatic carbocycles. The summed E-state index contributed by atoms with van der Waals surface area (Å²) in [6.07, 6.45) is 5.12. The zero-order valence-electron chi connectivity index (χ0n) is 41.4. The van der Waals surface area contributed by atoms with Crippen LogP contribution in [0.5, 0.6) is 0 Å². The summed E-state index contributed by atoms with van der Waals surface area (Å²) in [5.74, 6) is -1.59. The summed E-state index contributed by atoms with van der Waals surface area (Å²) in [5.41, 5.74) is 7.88. The van der Waals surface area contributed by atoms with Crippen LogP contribution in [0.4, 0.5) is 4.79 Å². The third kappa shape index (κ3) is 9.09. The Morgan fingerprint density at radius 2 is 1.89 bits per heavy atom. The smallest absolute Gasteiger partial charge is 0.324 e. The highest BCUT2D eigenvalue weighted by Gasteiger charge is 2.48. The first-order valence-electron chi connectivity index (χ1n) is 24.7. The molecule has 5 aliphatic rings. The molecule has 70 heavy (non-hydrogen) atoms. The second kappa shape index (κ2) is 19.8. The predicted molar refractivity (Wildman–Crippen MR) is 263 cm³/mol. The standard InChI is InChI=1S/C51H66N10O8S/c1-9-38(62)59-25-26-69-51(28-59)19-23-58(24-20-51)49(66)57(7)42(30(3)4)45(63)53-34-16-18-37-54-46(70-56-37)31-15-17-36-33(27-31)39-40(44(67-8)41-32(13-11-21-52-41)43(39)60(36)10-2)50(5,6)29-68-48(65)35-14-12-22-61(55-35)47(34)64/h9,11,13,15,17,21,27,30,34-35,40,42,44,55H,1,10,12,14,16,18-20,22-26,28-29H2,2-8H3,(H,53,63)/t34-,35+,40?,42+,44+/m1/s1. The molecular formula is C51H66N10O8S. The Morgan fingerprint density at radius 1 is 1.10 bits per heavy atom. The van der Waals surface area contributed by atoms with Crippen LogP contribution in [-0.2, 0) is 46.4 Å². The molecule has 19 heteroatoms. The second-order valence-corrected chi connectivity index (χ2v) is 21.2. The first kappa shape index (κ1) is 49.2. The Balaban J connectivity index is 1.00. The van der Waals surface area contributed by atoms with Gasteiger partial charge in [-0.2, -0.15) is 4.37 Å². The fraction of sp³-hybridized carbons (Fsp3) is 0.569. The van der Waals surface area contributed by atoms with Crippen LogP contribution >= 0.6 is 11.5 Å². The summed E-state index contributed by atoms with van der Waals surface area (Å²) in [6.45, 7) is 16.9. The quantitative estimate of drug-likeness (QED) is 0.175. The lowest BCUT2D eigenvalue weighted by molar-refractivity contribution is -0.156. The van der Waals surface area contributed by atoms with Gasteiger partial charge < -0.3 is 38.8 Å². The number of urea groups is 1. The van der Waals surface area contributed by atoms with E-state index in [2.05, 4.69) is 66.9 Å². The van der Waals surface area contributed by atoms with E-state index in [9.17, 15) is 24.0 Å². The van der Waals surface area contributed by atoms with Crippen molar-refractivity contribution in [2.75, 3.05) is 60.1 Å². The topological polar surface area (TPSA) is 194 Å². The van der Waals surface area contributed by atoms with Crippen molar-refractivity contribution in [1.29, 1.82) is 0 Å². The largest absolute Gasteiger partial charge is 0.464 e. The summed E-state index contributed by atoms with van der Waals surface area (Å²) in [7, 11) is 3.32. The number of cyclic esters (lactones) is 1. The van der Waals surface area contributed by atoms with Gasteiger partial charge in [-0.05, 0) is 98.4 Å². The maximum Gasteiger partial charge on any atom is 0.324 e. The number of likely N-dealkylation sites (N-methyl/N-ethyl adjacent to an activating group) is 1. The van der Waals surface area contributed by atoms with Gasteiger partial charge in [0.05, 0.1) is 36.7 Å². The van der Waals surface area contributed by atoms with Gasteiger partial charge in [0.15, 0.2) is 0 Å².